The van der Waals surface area contributed by atoms with Crippen molar-refractivity contribution in [3.05, 3.63) is 41.4 Å². The van der Waals surface area contributed by atoms with Gasteiger partial charge < -0.3 is 11.1 Å². The second kappa shape index (κ2) is 8.48. The van der Waals surface area contributed by atoms with E-state index in [4.69, 9.17) is 5.73 Å². The standard InChI is InChI=1S/C15H17N3OS.2ClH/c16-8-12(10-6-7-10)17-14(19)13-9-20-15(18-13)11-4-2-1-3-5-11;;/h1-5,9-10,12H,6-8,16H2,(H,17,19);2*1H. The lowest BCUT2D eigenvalue weighted by atomic mass is 10.2. The number of carbonyl (C=O) groups excluding carboxylic acids is 1. The fourth-order valence-corrected chi connectivity index (χ4v) is 3.01. The highest BCUT2D eigenvalue weighted by molar-refractivity contribution is 7.13. The van der Waals surface area contributed by atoms with Gasteiger partial charge in [0, 0.05) is 23.5 Å². The molecule has 0 aliphatic heterocycles. The first-order valence-electron chi connectivity index (χ1n) is 6.80. The smallest absolute Gasteiger partial charge is 0.271 e. The summed E-state index contributed by atoms with van der Waals surface area (Å²) in [6.45, 7) is 0.492. The molecule has 0 bridgehead atoms. The molecule has 2 aromatic rings. The van der Waals surface area contributed by atoms with Crippen molar-refractivity contribution in [3.63, 3.8) is 0 Å². The van der Waals surface area contributed by atoms with Gasteiger partial charge in [-0.1, -0.05) is 30.3 Å². The van der Waals surface area contributed by atoms with E-state index in [1.54, 1.807) is 5.38 Å². The third kappa shape index (κ3) is 4.43. The predicted octanol–water partition coefficient (Wildman–Crippen LogP) is 3.12. The van der Waals surface area contributed by atoms with E-state index in [0.717, 1.165) is 23.4 Å². The number of nitrogens with zero attached hydrogens (tertiary/aromatic N) is 1. The Bertz CT molecular complexity index is 602. The highest BCUT2D eigenvalue weighted by atomic mass is 35.5. The lowest BCUT2D eigenvalue weighted by molar-refractivity contribution is 0.0929. The van der Waals surface area contributed by atoms with Gasteiger partial charge in [0.15, 0.2) is 0 Å². The minimum Gasteiger partial charge on any atom is -0.346 e. The van der Waals surface area contributed by atoms with Crippen LogP contribution in [-0.2, 0) is 0 Å². The van der Waals surface area contributed by atoms with E-state index < -0.39 is 0 Å². The SMILES string of the molecule is Cl.Cl.NCC(NC(=O)c1csc(-c2ccccc2)n1)C1CC1. The molecule has 1 heterocycles. The molecular formula is C15H19Cl2N3OS. The van der Waals surface area contributed by atoms with Gasteiger partial charge in [-0.05, 0) is 18.8 Å². The molecule has 1 aromatic carbocycles. The molecule has 1 amide bonds. The average molecular weight is 360 g/mol. The molecular weight excluding hydrogens is 341 g/mol. The molecule has 1 fully saturated rings. The Kier molecular flexibility index (Phi) is 7.29. The van der Waals surface area contributed by atoms with Crippen LogP contribution in [0.25, 0.3) is 10.6 Å². The fraction of sp³-hybridized carbons (Fsp3) is 0.333. The molecule has 0 saturated heterocycles. The largest absolute Gasteiger partial charge is 0.346 e. The van der Waals surface area contributed by atoms with Crippen LogP contribution in [0, 0.1) is 5.92 Å². The number of halogens is 2. The Morgan fingerprint density at radius 2 is 2.00 bits per heavy atom. The van der Waals surface area contributed by atoms with E-state index >= 15 is 0 Å². The molecule has 1 aliphatic rings. The van der Waals surface area contributed by atoms with Gasteiger partial charge in [0.2, 0.25) is 0 Å². The topological polar surface area (TPSA) is 68.0 Å². The highest BCUT2D eigenvalue weighted by Gasteiger charge is 2.31. The molecule has 1 unspecified atom stereocenters. The minimum absolute atomic E-state index is 0. The van der Waals surface area contributed by atoms with E-state index in [0.29, 0.717) is 18.2 Å². The van der Waals surface area contributed by atoms with Crippen molar-refractivity contribution >= 4 is 42.1 Å². The Balaban J connectivity index is 0.00000121. The van der Waals surface area contributed by atoms with E-state index in [1.807, 2.05) is 30.3 Å². The highest BCUT2D eigenvalue weighted by Crippen LogP contribution is 2.32. The third-order valence-electron chi connectivity index (χ3n) is 3.52. The zero-order valence-corrected chi connectivity index (χ0v) is 14.3. The van der Waals surface area contributed by atoms with E-state index in [9.17, 15) is 4.79 Å². The molecule has 1 aromatic heterocycles. The van der Waals surface area contributed by atoms with Crippen LogP contribution in [0.15, 0.2) is 35.7 Å². The molecule has 1 saturated carbocycles. The zero-order valence-electron chi connectivity index (χ0n) is 11.9. The van der Waals surface area contributed by atoms with Crippen LogP contribution < -0.4 is 11.1 Å². The Hall–Kier alpha value is -1.14. The van der Waals surface area contributed by atoms with E-state index in [1.165, 1.54) is 11.3 Å². The average Bonchev–Trinajstić information content (AvgIpc) is 3.21. The van der Waals surface area contributed by atoms with Crippen LogP contribution >= 0.6 is 36.2 Å². The number of carbonyl (C=O) groups is 1. The first-order chi connectivity index (χ1) is 9.78. The normalized spacial score (nSPS) is 14.4. The van der Waals surface area contributed by atoms with Gasteiger partial charge in [-0.3, -0.25) is 4.79 Å². The second-order valence-electron chi connectivity index (χ2n) is 5.06. The number of benzene rings is 1. The molecule has 120 valence electrons. The molecule has 1 aliphatic carbocycles. The summed E-state index contributed by atoms with van der Waals surface area (Å²) >= 11 is 1.49. The van der Waals surface area contributed by atoms with Gasteiger partial charge in [0.05, 0.1) is 0 Å². The Morgan fingerprint density at radius 1 is 1.32 bits per heavy atom. The van der Waals surface area contributed by atoms with Crippen molar-refractivity contribution in [3.8, 4) is 10.6 Å². The summed E-state index contributed by atoms with van der Waals surface area (Å²) in [4.78, 5) is 16.6. The number of nitrogens with one attached hydrogen (secondary N) is 1. The monoisotopic (exact) mass is 359 g/mol. The van der Waals surface area contributed by atoms with Crippen molar-refractivity contribution in [2.45, 2.75) is 18.9 Å². The fourth-order valence-electron chi connectivity index (χ4n) is 2.20. The Labute approximate surface area is 146 Å². The summed E-state index contributed by atoms with van der Waals surface area (Å²) in [5.74, 6) is 0.432. The summed E-state index contributed by atoms with van der Waals surface area (Å²) < 4.78 is 0. The summed E-state index contributed by atoms with van der Waals surface area (Å²) in [6.07, 6.45) is 2.32. The van der Waals surface area contributed by atoms with Gasteiger partial charge in [0.1, 0.15) is 10.7 Å². The number of hydrogen-bond donors (Lipinski definition) is 2. The lowest BCUT2D eigenvalue weighted by Gasteiger charge is -2.14. The van der Waals surface area contributed by atoms with Gasteiger partial charge in [-0.15, -0.1) is 36.2 Å². The van der Waals surface area contributed by atoms with Crippen LogP contribution in [0.3, 0.4) is 0 Å². The maximum atomic E-state index is 12.2. The Morgan fingerprint density at radius 3 is 2.59 bits per heavy atom. The van der Waals surface area contributed by atoms with Crippen molar-refractivity contribution in [1.29, 1.82) is 0 Å². The summed E-state index contributed by atoms with van der Waals surface area (Å²) in [6, 6.07) is 9.97. The number of thiazole rings is 1. The number of rotatable bonds is 5. The predicted molar refractivity (Wildman–Crippen MR) is 95.1 cm³/mol. The van der Waals surface area contributed by atoms with Crippen LogP contribution in [0.1, 0.15) is 23.3 Å². The van der Waals surface area contributed by atoms with E-state index in [-0.39, 0.29) is 36.8 Å². The van der Waals surface area contributed by atoms with Gasteiger partial charge >= 0.3 is 0 Å². The van der Waals surface area contributed by atoms with Crippen LogP contribution in [-0.4, -0.2) is 23.5 Å². The van der Waals surface area contributed by atoms with Crippen molar-refractivity contribution < 1.29 is 4.79 Å². The lowest BCUT2D eigenvalue weighted by Crippen LogP contribution is -2.41. The van der Waals surface area contributed by atoms with Crippen LogP contribution in [0.4, 0.5) is 0 Å². The van der Waals surface area contributed by atoms with Gasteiger partial charge in [-0.2, -0.15) is 0 Å². The molecule has 1 atom stereocenters. The molecule has 0 radical (unpaired) electrons. The molecule has 22 heavy (non-hydrogen) atoms. The van der Waals surface area contributed by atoms with Gasteiger partial charge in [-0.25, -0.2) is 4.98 Å². The first kappa shape index (κ1) is 18.9. The molecule has 3 N–H and O–H groups in total. The number of nitrogens with two attached hydrogens (primary N) is 1. The molecule has 0 spiro atoms. The van der Waals surface area contributed by atoms with Crippen molar-refractivity contribution in [2.24, 2.45) is 11.7 Å². The van der Waals surface area contributed by atoms with Gasteiger partial charge in [0.25, 0.3) is 5.91 Å². The maximum absolute atomic E-state index is 12.2. The summed E-state index contributed by atoms with van der Waals surface area (Å²) in [5.41, 5.74) is 7.22. The number of amides is 1. The zero-order chi connectivity index (χ0) is 13.9. The third-order valence-corrected chi connectivity index (χ3v) is 4.41. The maximum Gasteiger partial charge on any atom is 0.271 e. The van der Waals surface area contributed by atoms with Crippen LogP contribution in [0.5, 0.6) is 0 Å². The summed E-state index contributed by atoms with van der Waals surface area (Å²) in [5, 5.41) is 5.66. The molecule has 3 rings (SSSR count). The van der Waals surface area contributed by atoms with Crippen molar-refractivity contribution in [2.75, 3.05) is 6.54 Å². The van der Waals surface area contributed by atoms with Crippen LogP contribution in [0.2, 0.25) is 0 Å². The number of hydrogen-bond acceptors (Lipinski definition) is 4. The molecule has 4 nitrogen and oxygen atoms in total. The van der Waals surface area contributed by atoms with Crippen molar-refractivity contribution in [1.82, 2.24) is 10.3 Å². The second-order valence-corrected chi connectivity index (χ2v) is 5.92. The minimum atomic E-state index is -0.120. The quantitative estimate of drug-likeness (QED) is 0.861. The number of aromatic nitrogens is 1. The molecule has 7 heteroatoms. The summed E-state index contributed by atoms with van der Waals surface area (Å²) in [7, 11) is 0. The van der Waals surface area contributed by atoms with E-state index in [2.05, 4.69) is 10.3 Å². The first-order valence-corrected chi connectivity index (χ1v) is 7.68.